The number of ether oxygens (including phenoxy) is 3. The summed E-state index contributed by atoms with van der Waals surface area (Å²) in [6.07, 6.45) is 1.12. The Balaban J connectivity index is 2.08. The van der Waals surface area contributed by atoms with Crippen LogP contribution in [0.15, 0.2) is 42.5 Å². The highest BCUT2D eigenvalue weighted by atomic mass is 16.5. The van der Waals surface area contributed by atoms with Crippen molar-refractivity contribution < 1.29 is 14.2 Å². The van der Waals surface area contributed by atoms with E-state index in [1.165, 1.54) is 5.56 Å². The van der Waals surface area contributed by atoms with Gasteiger partial charge in [0.1, 0.15) is 17.2 Å². The third-order valence-corrected chi connectivity index (χ3v) is 4.96. The number of hydrogen-bond acceptors (Lipinski definition) is 5. The first-order chi connectivity index (χ1) is 13.3. The second-order valence-corrected chi connectivity index (χ2v) is 6.66. The van der Waals surface area contributed by atoms with Gasteiger partial charge in [0.2, 0.25) is 0 Å². The van der Waals surface area contributed by atoms with Crippen LogP contribution in [0.2, 0.25) is 0 Å². The molecule has 1 aliphatic rings. The van der Waals surface area contributed by atoms with Crippen molar-refractivity contribution in [2.75, 3.05) is 47.0 Å². The molecule has 1 fully saturated rings. The van der Waals surface area contributed by atoms with Gasteiger partial charge in [0.25, 0.3) is 0 Å². The van der Waals surface area contributed by atoms with E-state index in [0.29, 0.717) is 6.61 Å². The monoisotopic (exact) mass is 370 g/mol. The fourth-order valence-corrected chi connectivity index (χ4v) is 3.71. The van der Waals surface area contributed by atoms with Crippen LogP contribution in [0, 0.1) is 0 Å². The molecule has 1 atom stereocenters. The molecule has 0 aliphatic carbocycles. The summed E-state index contributed by atoms with van der Waals surface area (Å²) in [5.74, 6) is 2.61. The summed E-state index contributed by atoms with van der Waals surface area (Å²) in [5, 5.41) is 3.50. The van der Waals surface area contributed by atoms with E-state index in [1.54, 1.807) is 14.2 Å². The molecule has 1 N–H and O–H groups in total. The highest BCUT2D eigenvalue weighted by Gasteiger charge is 2.27. The van der Waals surface area contributed by atoms with Gasteiger partial charge in [0.05, 0.1) is 26.9 Å². The Bertz CT molecular complexity index is 727. The van der Waals surface area contributed by atoms with Crippen LogP contribution in [0.4, 0.5) is 0 Å². The van der Waals surface area contributed by atoms with E-state index in [9.17, 15) is 0 Å². The lowest BCUT2D eigenvalue weighted by atomic mass is 9.95. The first-order valence-corrected chi connectivity index (χ1v) is 9.66. The Morgan fingerprint density at radius 3 is 2.67 bits per heavy atom. The van der Waals surface area contributed by atoms with E-state index in [1.807, 2.05) is 25.1 Å². The molecule has 0 radical (unpaired) electrons. The van der Waals surface area contributed by atoms with Gasteiger partial charge in [0.15, 0.2) is 0 Å². The maximum atomic E-state index is 5.76. The molecule has 0 bridgehead atoms. The molecule has 2 aromatic carbocycles. The number of rotatable bonds is 7. The van der Waals surface area contributed by atoms with Crippen LogP contribution >= 0.6 is 0 Å². The van der Waals surface area contributed by atoms with Crippen molar-refractivity contribution in [2.24, 2.45) is 0 Å². The van der Waals surface area contributed by atoms with Gasteiger partial charge in [-0.25, -0.2) is 0 Å². The lowest BCUT2D eigenvalue weighted by molar-refractivity contribution is 0.235. The van der Waals surface area contributed by atoms with E-state index in [-0.39, 0.29) is 6.04 Å². The van der Waals surface area contributed by atoms with Gasteiger partial charge in [0, 0.05) is 25.2 Å². The first kappa shape index (κ1) is 19.5. The number of hydrogen-bond donors (Lipinski definition) is 1. The maximum absolute atomic E-state index is 5.76. The van der Waals surface area contributed by atoms with Gasteiger partial charge in [-0.3, -0.25) is 4.90 Å². The van der Waals surface area contributed by atoms with Gasteiger partial charge >= 0.3 is 0 Å². The summed E-state index contributed by atoms with van der Waals surface area (Å²) in [6, 6.07) is 14.5. The summed E-state index contributed by atoms with van der Waals surface area (Å²) in [5.41, 5.74) is 2.32. The van der Waals surface area contributed by atoms with Crippen LogP contribution in [-0.2, 0) is 0 Å². The zero-order chi connectivity index (χ0) is 19.1. The molecule has 1 saturated heterocycles. The molecule has 5 nitrogen and oxygen atoms in total. The van der Waals surface area contributed by atoms with Crippen LogP contribution in [0.1, 0.15) is 30.5 Å². The molecule has 0 amide bonds. The Labute approximate surface area is 162 Å². The van der Waals surface area contributed by atoms with E-state index < -0.39 is 0 Å². The summed E-state index contributed by atoms with van der Waals surface area (Å²) in [4.78, 5) is 2.52. The van der Waals surface area contributed by atoms with Crippen molar-refractivity contribution in [1.82, 2.24) is 10.2 Å². The topological polar surface area (TPSA) is 43.0 Å². The molecule has 1 aliphatic heterocycles. The number of methoxy groups -OCH3 is 2. The lowest BCUT2D eigenvalue weighted by Gasteiger charge is -2.32. The van der Waals surface area contributed by atoms with E-state index >= 15 is 0 Å². The average Bonchev–Trinajstić information content (AvgIpc) is 2.98. The molecule has 1 heterocycles. The minimum Gasteiger partial charge on any atom is -0.497 e. The second kappa shape index (κ2) is 9.62. The van der Waals surface area contributed by atoms with Crippen molar-refractivity contribution in [2.45, 2.75) is 19.4 Å². The third kappa shape index (κ3) is 4.73. The van der Waals surface area contributed by atoms with Crippen LogP contribution < -0.4 is 19.5 Å². The van der Waals surface area contributed by atoms with Crippen molar-refractivity contribution in [3.05, 3.63) is 53.6 Å². The second-order valence-electron chi connectivity index (χ2n) is 6.66. The molecule has 5 heteroatoms. The number of benzene rings is 2. The molecule has 27 heavy (non-hydrogen) atoms. The lowest BCUT2D eigenvalue weighted by Crippen LogP contribution is -2.33. The predicted molar refractivity (Wildman–Crippen MR) is 108 cm³/mol. The van der Waals surface area contributed by atoms with Crippen LogP contribution in [0.25, 0.3) is 0 Å². The van der Waals surface area contributed by atoms with Crippen molar-refractivity contribution >= 4 is 0 Å². The summed E-state index contributed by atoms with van der Waals surface area (Å²) in [7, 11) is 3.43. The fourth-order valence-electron chi connectivity index (χ4n) is 3.71. The molecule has 0 aromatic heterocycles. The number of nitrogens with zero attached hydrogens (tertiary/aromatic N) is 1. The molecule has 1 unspecified atom stereocenters. The quantitative estimate of drug-likeness (QED) is 0.808. The van der Waals surface area contributed by atoms with Gasteiger partial charge in [-0.2, -0.15) is 0 Å². The Hall–Kier alpha value is -2.24. The third-order valence-electron chi connectivity index (χ3n) is 4.96. The molecule has 3 rings (SSSR count). The molecule has 0 spiro atoms. The predicted octanol–water partition coefficient (Wildman–Crippen LogP) is 3.49. The molecule has 0 saturated carbocycles. The number of nitrogens with one attached hydrogen (secondary N) is 1. The highest BCUT2D eigenvalue weighted by Crippen LogP contribution is 2.38. The molecule has 146 valence electrons. The van der Waals surface area contributed by atoms with E-state index in [0.717, 1.165) is 55.4 Å². The highest BCUT2D eigenvalue weighted by molar-refractivity contribution is 5.47. The van der Waals surface area contributed by atoms with Gasteiger partial charge in [-0.1, -0.05) is 12.1 Å². The van der Waals surface area contributed by atoms with Crippen molar-refractivity contribution in [1.29, 1.82) is 0 Å². The first-order valence-electron chi connectivity index (χ1n) is 9.66. The molecule has 2 aromatic rings. The molecular formula is C22H30N2O3. The average molecular weight is 370 g/mol. The normalized spacial score (nSPS) is 16.4. The van der Waals surface area contributed by atoms with Crippen LogP contribution in [0.5, 0.6) is 17.2 Å². The Morgan fingerprint density at radius 1 is 1.00 bits per heavy atom. The minimum atomic E-state index is 0.0790. The zero-order valence-corrected chi connectivity index (χ0v) is 16.5. The van der Waals surface area contributed by atoms with Gasteiger partial charge in [-0.05, 0) is 55.8 Å². The standard InChI is InChI=1S/C22H30N2O3/c1-4-27-19-8-5-7-17(15-19)22(24-13-6-11-23-12-14-24)20-16-18(25-2)9-10-21(20)26-3/h5,7-10,15-16,22-23H,4,6,11-14H2,1-3H3. The Kier molecular flexibility index (Phi) is 6.96. The summed E-state index contributed by atoms with van der Waals surface area (Å²) in [6.45, 7) is 6.70. The molecular weight excluding hydrogens is 340 g/mol. The smallest absolute Gasteiger partial charge is 0.124 e. The summed E-state index contributed by atoms with van der Waals surface area (Å²) < 4.78 is 17.0. The fraction of sp³-hybridized carbons (Fsp3) is 0.455. The zero-order valence-electron chi connectivity index (χ0n) is 16.5. The van der Waals surface area contributed by atoms with Gasteiger partial charge in [-0.15, -0.1) is 0 Å². The van der Waals surface area contributed by atoms with Gasteiger partial charge < -0.3 is 19.5 Å². The van der Waals surface area contributed by atoms with E-state index in [2.05, 4.69) is 34.5 Å². The maximum Gasteiger partial charge on any atom is 0.124 e. The van der Waals surface area contributed by atoms with Crippen LogP contribution in [-0.4, -0.2) is 51.9 Å². The minimum absolute atomic E-state index is 0.0790. The Morgan fingerprint density at radius 2 is 1.89 bits per heavy atom. The van der Waals surface area contributed by atoms with Crippen molar-refractivity contribution in [3.8, 4) is 17.2 Å². The SMILES string of the molecule is CCOc1cccc(C(c2cc(OC)ccc2OC)N2CCCNCC2)c1. The van der Waals surface area contributed by atoms with E-state index in [4.69, 9.17) is 14.2 Å². The summed E-state index contributed by atoms with van der Waals surface area (Å²) >= 11 is 0. The largest absolute Gasteiger partial charge is 0.497 e. The van der Waals surface area contributed by atoms with Crippen molar-refractivity contribution in [3.63, 3.8) is 0 Å². The van der Waals surface area contributed by atoms with Crippen LogP contribution in [0.3, 0.4) is 0 Å².